The zero-order valence-corrected chi connectivity index (χ0v) is 23.0. The molecule has 1 heteroatoms. The maximum absolute atomic E-state index is 9.65. The number of furan rings is 1. The van der Waals surface area contributed by atoms with Gasteiger partial charge in [0.1, 0.15) is 11.2 Å². The van der Waals surface area contributed by atoms with Gasteiger partial charge < -0.3 is 4.42 Å². The van der Waals surface area contributed by atoms with E-state index >= 15 is 0 Å². The van der Waals surface area contributed by atoms with Crippen molar-refractivity contribution in [2.45, 2.75) is 0 Å². The van der Waals surface area contributed by atoms with E-state index in [-0.39, 0.29) is 44.2 Å². The maximum Gasteiger partial charge on any atom is 0.136 e. The molecule has 0 fully saturated rings. The van der Waals surface area contributed by atoms with Crippen LogP contribution in [0.25, 0.3) is 88.0 Å². The Kier molecular flexibility index (Phi) is 2.90. The van der Waals surface area contributed by atoms with Crippen LogP contribution in [0.5, 0.6) is 0 Å². The molecule has 45 heavy (non-hydrogen) atoms. The topological polar surface area (TPSA) is 13.1 Å². The Bertz CT molecular complexity index is 3550. The summed E-state index contributed by atoms with van der Waals surface area (Å²) in [6.45, 7) is 0. The summed E-state index contributed by atoms with van der Waals surface area (Å²) in [6.07, 6.45) is 0. The van der Waals surface area contributed by atoms with Crippen LogP contribution >= 0.6 is 0 Å². The highest BCUT2D eigenvalue weighted by Gasteiger charge is 2.19. The lowest BCUT2D eigenvalue weighted by molar-refractivity contribution is 0.669. The molecular formula is C44H28O. The van der Waals surface area contributed by atoms with Crippen molar-refractivity contribution in [3.8, 4) is 44.5 Å². The van der Waals surface area contributed by atoms with Gasteiger partial charge in [0, 0.05) is 10.8 Å². The largest absolute Gasteiger partial charge is 0.456 e. The number of benzene rings is 8. The van der Waals surface area contributed by atoms with Gasteiger partial charge in [-0.2, -0.15) is 0 Å². The van der Waals surface area contributed by atoms with E-state index in [1.165, 1.54) is 0 Å². The molecule has 210 valence electrons. The van der Waals surface area contributed by atoms with Crippen molar-refractivity contribution in [2.75, 3.05) is 0 Å². The van der Waals surface area contributed by atoms with Gasteiger partial charge >= 0.3 is 0 Å². The first-order valence-electron chi connectivity index (χ1n) is 23.8. The Morgan fingerprint density at radius 3 is 1.42 bits per heavy atom. The van der Waals surface area contributed by atoms with Crippen LogP contribution < -0.4 is 0 Å². The van der Waals surface area contributed by atoms with E-state index in [1.807, 2.05) is 0 Å². The first-order chi connectivity index (χ1) is 30.7. The first kappa shape index (κ1) is 12.6. The average Bonchev–Trinajstić information content (AvgIpc) is 3.71. The van der Waals surface area contributed by atoms with Crippen molar-refractivity contribution in [2.24, 2.45) is 0 Å². The molecule has 0 amide bonds. The summed E-state index contributed by atoms with van der Waals surface area (Å²) >= 11 is 0. The minimum atomic E-state index is -0.732. The van der Waals surface area contributed by atoms with Crippen molar-refractivity contribution in [3.05, 3.63) is 169 Å². The third kappa shape index (κ3) is 4.17. The summed E-state index contributed by atoms with van der Waals surface area (Å²) in [7, 11) is 0. The predicted octanol–water partition coefficient (Wildman–Crippen LogP) is 12.6. The van der Waals surface area contributed by atoms with Crippen LogP contribution in [0.2, 0.25) is 0 Å². The molecule has 0 saturated carbocycles. The molecule has 0 N–H and O–H groups in total. The Labute approximate surface area is 289 Å². The molecule has 0 radical (unpaired) electrons. The van der Waals surface area contributed by atoms with E-state index in [1.54, 1.807) is 48.5 Å². The van der Waals surface area contributed by atoms with Crippen molar-refractivity contribution in [1.29, 1.82) is 0 Å². The normalized spacial score (nSPS) is 17.8. The minimum absolute atomic E-state index is 0.156. The van der Waals surface area contributed by atoms with Gasteiger partial charge in [-0.1, -0.05) is 145 Å². The van der Waals surface area contributed by atoms with E-state index in [0.717, 1.165) is 0 Å². The van der Waals surface area contributed by atoms with Crippen LogP contribution in [-0.4, -0.2) is 0 Å². The standard InChI is InChI=1S/C44H28O/c1-3-13-29(14-4-1)31-23-25-34-35-26-24-32(28-42(35)45-41(34)27-31)43-37-19-9-11-21-39(37)44(40-22-12-10-20-38(40)43)36-18-8-7-17-33(36)30-15-5-2-6-16-30/h1-28H/i1D,2D,3D,4D,5D,6D,7D,8D,13D,14D,15D,16D,17D,18D,23D,24D,25D,26D,27D,28D. The molecule has 0 saturated heterocycles. The molecular weight excluding hydrogens is 544 g/mol. The fourth-order valence-electron chi connectivity index (χ4n) is 5.74. The molecule has 0 aliphatic rings. The van der Waals surface area contributed by atoms with Gasteiger partial charge in [-0.25, -0.2) is 0 Å². The van der Waals surface area contributed by atoms with Crippen molar-refractivity contribution in [1.82, 2.24) is 0 Å². The monoisotopic (exact) mass is 592 g/mol. The SMILES string of the molecule is [2H]c1c([2H])c([2H])c(-c2c([2H])c([2H])c([2H])c([2H])c2-c2c3ccccc3c(-c3c([2H])c([2H])c4c(oc5c([2H])c(-c6c([2H])c([2H])c([2H])c([2H])c6[2H])c([2H])c([2H])c54)c3[2H])c3ccccc23)c([2H])c1[2H]. The molecule has 0 unspecified atom stereocenters. The molecule has 0 atom stereocenters. The fourth-order valence-corrected chi connectivity index (χ4v) is 5.74. The zero-order chi connectivity index (χ0) is 47.1. The molecule has 1 heterocycles. The molecule has 0 bridgehead atoms. The fraction of sp³-hybridized carbons (Fsp3) is 0. The Morgan fingerprint density at radius 1 is 0.356 bits per heavy atom. The number of fused-ring (bicyclic) bond motifs is 5. The number of hydrogen-bond donors (Lipinski definition) is 0. The second kappa shape index (κ2) is 10.4. The summed E-state index contributed by atoms with van der Waals surface area (Å²) in [6, 6.07) is -0.257. The number of hydrogen-bond acceptors (Lipinski definition) is 1. The summed E-state index contributed by atoms with van der Waals surface area (Å²) in [5.74, 6) is 0. The molecule has 9 rings (SSSR count). The lowest BCUT2D eigenvalue weighted by Crippen LogP contribution is -1.92. The average molecular weight is 593 g/mol. The predicted molar refractivity (Wildman–Crippen MR) is 190 cm³/mol. The zero-order valence-electron chi connectivity index (χ0n) is 43.0. The van der Waals surface area contributed by atoms with Crippen LogP contribution in [0, 0.1) is 0 Å². The summed E-state index contributed by atoms with van der Waals surface area (Å²) < 4.78 is 182. The van der Waals surface area contributed by atoms with Crippen LogP contribution in [0.1, 0.15) is 27.4 Å². The summed E-state index contributed by atoms with van der Waals surface area (Å²) in [5.41, 5.74) is -2.59. The highest BCUT2D eigenvalue weighted by atomic mass is 16.3. The van der Waals surface area contributed by atoms with Gasteiger partial charge in [0.05, 0.1) is 27.4 Å². The lowest BCUT2D eigenvalue weighted by atomic mass is 9.84. The molecule has 0 aliphatic heterocycles. The van der Waals surface area contributed by atoms with E-state index in [4.69, 9.17) is 26.3 Å². The lowest BCUT2D eigenvalue weighted by Gasteiger charge is -2.19. The summed E-state index contributed by atoms with van der Waals surface area (Å²) in [4.78, 5) is 0. The van der Waals surface area contributed by atoms with Crippen LogP contribution in [0.4, 0.5) is 0 Å². The van der Waals surface area contributed by atoms with E-state index in [2.05, 4.69) is 0 Å². The van der Waals surface area contributed by atoms with Crippen molar-refractivity contribution < 1.29 is 31.8 Å². The van der Waals surface area contributed by atoms with Gasteiger partial charge in [-0.15, -0.1) is 0 Å². The smallest absolute Gasteiger partial charge is 0.136 e. The van der Waals surface area contributed by atoms with Gasteiger partial charge in [-0.3, -0.25) is 0 Å². The second-order valence-electron chi connectivity index (χ2n) is 10.1. The third-order valence-electron chi connectivity index (χ3n) is 7.63. The van der Waals surface area contributed by atoms with Crippen molar-refractivity contribution >= 4 is 43.5 Å². The highest BCUT2D eigenvalue weighted by molar-refractivity contribution is 6.23. The van der Waals surface area contributed by atoms with Gasteiger partial charge in [-0.05, 0) is 90.2 Å². The maximum atomic E-state index is 9.65. The Hall–Kier alpha value is -5.92. The summed E-state index contributed by atoms with van der Waals surface area (Å²) in [5, 5.41) is 0.673. The van der Waals surface area contributed by atoms with Gasteiger partial charge in [0.15, 0.2) is 0 Å². The molecule has 1 nitrogen and oxygen atoms in total. The molecule has 1 aromatic heterocycles. The van der Waals surface area contributed by atoms with Crippen molar-refractivity contribution in [3.63, 3.8) is 0 Å². The molecule has 0 aliphatic carbocycles. The molecule has 8 aromatic carbocycles. The van der Waals surface area contributed by atoms with Crippen LogP contribution in [0.15, 0.2) is 174 Å². The van der Waals surface area contributed by atoms with E-state index < -0.39 is 143 Å². The minimum Gasteiger partial charge on any atom is -0.456 e. The van der Waals surface area contributed by atoms with Crippen LogP contribution in [0.3, 0.4) is 0 Å². The van der Waals surface area contributed by atoms with Gasteiger partial charge in [0.2, 0.25) is 0 Å². The van der Waals surface area contributed by atoms with E-state index in [9.17, 15) is 5.48 Å². The molecule has 0 spiro atoms. The first-order valence-corrected chi connectivity index (χ1v) is 13.8. The Morgan fingerprint density at radius 2 is 0.822 bits per heavy atom. The third-order valence-corrected chi connectivity index (χ3v) is 7.63. The quantitative estimate of drug-likeness (QED) is 0.185. The van der Waals surface area contributed by atoms with Crippen LogP contribution in [-0.2, 0) is 0 Å². The van der Waals surface area contributed by atoms with Gasteiger partial charge in [0.25, 0.3) is 0 Å². The Balaban J connectivity index is 1.42. The number of rotatable bonds is 4. The second-order valence-corrected chi connectivity index (χ2v) is 10.1. The molecule has 9 aromatic rings. The highest BCUT2D eigenvalue weighted by Crippen LogP contribution is 2.46. The van der Waals surface area contributed by atoms with E-state index in [0.29, 0.717) is 21.5 Å².